The molecule has 5 nitrogen and oxygen atoms in total. The Morgan fingerprint density at radius 1 is 1.31 bits per heavy atom. The molecule has 2 unspecified atom stereocenters. The minimum Gasteiger partial charge on any atom is -0.395 e. The molecular weight excluding hydrogens is 208 g/mol. The van der Waals surface area contributed by atoms with Crippen LogP contribution in [0.3, 0.4) is 0 Å². The summed E-state index contributed by atoms with van der Waals surface area (Å²) >= 11 is 0. The van der Waals surface area contributed by atoms with Crippen LogP contribution in [0.15, 0.2) is 0 Å². The number of aliphatic hydroxyl groups excluding tert-OH is 1. The van der Waals surface area contributed by atoms with E-state index in [2.05, 4.69) is 17.1 Å². The molecule has 0 spiro atoms. The van der Waals surface area contributed by atoms with Crippen molar-refractivity contribution in [1.29, 1.82) is 0 Å². The Morgan fingerprint density at radius 3 is 2.44 bits per heavy atom. The normalized spacial score (nSPS) is 15.4. The number of hydrogen-bond donors (Lipinski definition) is 2. The molecule has 0 heterocycles. The molecule has 98 valence electrons. The molecule has 5 heteroatoms. The minimum atomic E-state index is 0.0937. The third-order valence-electron chi connectivity index (χ3n) is 2.70. The molecule has 0 aromatic rings. The number of aliphatic hydroxyl groups is 1. The Labute approximate surface area is 98.7 Å². The molecule has 2 atom stereocenters. The van der Waals surface area contributed by atoms with Crippen LogP contribution in [-0.4, -0.2) is 76.3 Å². The summed E-state index contributed by atoms with van der Waals surface area (Å²) < 4.78 is 10.2. The van der Waals surface area contributed by atoms with Crippen molar-refractivity contribution < 1.29 is 14.6 Å². The summed E-state index contributed by atoms with van der Waals surface area (Å²) in [5, 5.41) is 12.2. The summed E-state index contributed by atoms with van der Waals surface area (Å²) in [6.07, 6.45) is 0. The molecule has 0 bridgehead atoms. The largest absolute Gasteiger partial charge is 0.395 e. The lowest BCUT2D eigenvalue weighted by molar-refractivity contribution is 0.0633. The van der Waals surface area contributed by atoms with Crippen molar-refractivity contribution >= 4 is 0 Å². The van der Waals surface area contributed by atoms with E-state index in [1.807, 2.05) is 7.05 Å². The Morgan fingerprint density at radius 2 is 2.00 bits per heavy atom. The first kappa shape index (κ1) is 15.8. The summed E-state index contributed by atoms with van der Waals surface area (Å²) in [6, 6.07) is 0.415. The topological polar surface area (TPSA) is 54.0 Å². The van der Waals surface area contributed by atoms with Gasteiger partial charge < -0.3 is 19.9 Å². The van der Waals surface area contributed by atoms with Gasteiger partial charge in [-0.2, -0.15) is 0 Å². The van der Waals surface area contributed by atoms with Gasteiger partial charge in [-0.3, -0.25) is 4.90 Å². The fourth-order valence-corrected chi connectivity index (χ4v) is 1.57. The average Bonchev–Trinajstić information content (AvgIpc) is 2.30. The summed E-state index contributed by atoms with van der Waals surface area (Å²) in [6.45, 7) is 5.27. The first-order valence-corrected chi connectivity index (χ1v) is 5.69. The smallest absolute Gasteiger partial charge is 0.0615 e. The third-order valence-corrected chi connectivity index (χ3v) is 2.70. The fraction of sp³-hybridized carbons (Fsp3) is 1.00. The zero-order chi connectivity index (χ0) is 12.4. The van der Waals surface area contributed by atoms with E-state index in [1.54, 1.807) is 14.2 Å². The molecule has 2 N–H and O–H groups in total. The Bertz CT molecular complexity index is 154. The molecule has 16 heavy (non-hydrogen) atoms. The molecular formula is C11H26N2O3. The molecule has 0 aromatic carbocycles. The van der Waals surface area contributed by atoms with Crippen LogP contribution >= 0.6 is 0 Å². The molecule has 0 rings (SSSR count). The van der Waals surface area contributed by atoms with Crippen molar-refractivity contribution in [3.05, 3.63) is 0 Å². The van der Waals surface area contributed by atoms with Crippen molar-refractivity contribution in [3.8, 4) is 0 Å². The predicted octanol–water partition coefficient (Wildman–Crippen LogP) is -0.450. The Kier molecular flexibility index (Phi) is 9.86. The number of ether oxygens (including phenoxy) is 2. The molecule has 0 aliphatic carbocycles. The number of likely N-dealkylation sites (N-methyl/N-ethyl adjacent to an activating group) is 1. The van der Waals surface area contributed by atoms with E-state index in [4.69, 9.17) is 14.6 Å². The number of rotatable bonds is 10. The minimum absolute atomic E-state index is 0.0937. The van der Waals surface area contributed by atoms with Crippen molar-refractivity contribution in [2.45, 2.75) is 19.0 Å². The lowest BCUT2D eigenvalue weighted by Gasteiger charge is -2.31. The van der Waals surface area contributed by atoms with E-state index in [0.29, 0.717) is 19.3 Å². The van der Waals surface area contributed by atoms with E-state index in [0.717, 1.165) is 13.1 Å². The molecule has 0 saturated heterocycles. The fourth-order valence-electron chi connectivity index (χ4n) is 1.57. The highest BCUT2D eigenvalue weighted by atomic mass is 16.5. The lowest BCUT2D eigenvalue weighted by Crippen LogP contribution is -2.47. The van der Waals surface area contributed by atoms with Gasteiger partial charge in [0, 0.05) is 39.4 Å². The van der Waals surface area contributed by atoms with Crippen molar-refractivity contribution in [2.75, 3.05) is 54.2 Å². The third kappa shape index (κ3) is 6.40. The lowest BCUT2D eigenvalue weighted by atomic mass is 10.2. The number of nitrogens with one attached hydrogen (secondary N) is 1. The van der Waals surface area contributed by atoms with Crippen molar-refractivity contribution in [3.63, 3.8) is 0 Å². The van der Waals surface area contributed by atoms with Gasteiger partial charge in [0.25, 0.3) is 0 Å². The van der Waals surface area contributed by atoms with Gasteiger partial charge in [0.2, 0.25) is 0 Å². The van der Waals surface area contributed by atoms with Crippen LogP contribution in [0.5, 0.6) is 0 Å². The van der Waals surface area contributed by atoms with Gasteiger partial charge in [0.05, 0.1) is 19.8 Å². The maximum atomic E-state index is 9.16. The summed E-state index contributed by atoms with van der Waals surface area (Å²) in [7, 11) is 5.25. The molecule has 0 aliphatic rings. The number of nitrogens with zero attached hydrogens (tertiary/aromatic N) is 1. The van der Waals surface area contributed by atoms with Gasteiger partial charge in [-0.25, -0.2) is 0 Å². The van der Waals surface area contributed by atoms with Crippen molar-refractivity contribution in [1.82, 2.24) is 10.2 Å². The van der Waals surface area contributed by atoms with Gasteiger partial charge in [-0.05, 0) is 14.0 Å². The molecule has 0 fully saturated rings. The highest BCUT2D eigenvalue weighted by Gasteiger charge is 2.17. The van der Waals surface area contributed by atoms with E-state index in [1.165, 1.54) is 0 Å². The zero-order valence-electron chi connectivity index (χ0n) is 10.9. The number of methoxy groups -OCH3 is 2. The Hall–Kier alpha value is -0.200. The SMILES string of the molecule is CNC(CO)CN(CCOC)C(C)COC. The van der Waals surface area contributed by atoms with Gasteiger partial charge in [0.15, 0.2) is 0 Å². The second-order valence-electron chi connectivity index (χ2n) is 3.96. The van der Waals surface area contributed by atoms with Gasteiger partial charge in [0.1, 0.15) is 0 Å². The average molecular weight is 234 g/mol. The molecule has 0 saturated carbocycles. The standard InChI is InChI=1S/C11H26N2O3/c1-10(9-16-4)13(5-6-15-3)7-11(8-14)12-2/h10-12,14H,5-9H2,1-4H3. The van der Waals surface area contributed by atoms with Crippen molar-refractivity contribution in [2.24, 2.45) is 0 Å². The van der Waals surface area contributed by atoms with Crippen LogP contribution in [-0.2, 0) is 9.47 Å². The molecule has 0 radical (unpaired) electrons. The highest BCUT2D eigenvalue weighted by molar-refractivity contribution is 4.74. The van der Waals surface area contributed by atoms with Crippen LogP contribution in [0.2, 0.25) is 0 Å². The zero-order valence-corrected chi connectivity index (χ0v) is 10.9. The summed E-state index contributed by atoms with van der Waals surface area (Å²) in [4.78, 5) is 2.25. The summed E-state index contributed by atoms with van der Waals surface area (Å²) in [5.41, 5.74) is 0. The van der Waals surface area contributed by atoms with E-state index in [9.17, 15) is 0 Å². The first-order valence-electron chi connectivity index (χ1n) is 5.69. The Balaban J connectivity index is 4.16. The van der Waals surface area contributed by atoms with Crippen LogP contribution in [0.25, 0.3) is 0 Å². The van der Waals surface area contributed by atoms with Crippen LogP contribution in [0.1, 0.15) is 6.92 Å². The van der Waals surface area contributed by atoms with Gasteiger partial charge in [-0.15, -0.1) is 0 Å². The van der Waals surface area contributed by atoms with Crippen LogP contribution < -0.4 is 5.32 Å². The quantitative estimate of drug-likeness (QED) is 0.536. The monoisotopic (exact) mass is 234 g/mol. The predicted molar refractivity (Wildman–Crippen MR) is 64.7 cm³/mol. The maximum absolute atomic E-state index is 9.16. The highest BCUT2D eigenvalue weighted by Crippen LogP contribution is 2.01. The molecule has 0 aromatic heterocycles. The maximum Gasteiger partial charge on any atom is 0.0615 e. The van der Waals surface area contributed by atoms with E-state index in [-0.39, 0.29) is 12.6 Å². The van der Waals surface area contributed by atoms with E-state index < -0.39 is 0 Å². The second-order valence-corrected chi connectivity index (χ2v) is 3.96. The van der Waals surface area contributed by atoms with Gasteiger partial charge in [-0.1, -0.05) is 0 Å². The summed E-state index contributed by atoms with van der Waals surface area (Å²) in [5.74, 6) is 0. The van der Waals surface area contributed by atoms with Gasteiger partial charge >= 0.3 is 0 Å². The number of hydrogen-bond acceptors (Lipinski definition) is 5. The first-order chi connectivity index (χ1) is 7.69. The van der Waals surface area contributed by atoms with Crippen LogP contribution in [0, 0.1) is 0 Å². The molecule has 0 amide bonds. The second kappa shape index (κ2) is 9.99. The van der Waals surface area contributed by atoms with E-state index >= 15 is 0 Å². The van der Waals surface area contributed by atoms with Crippen LogP contribution in [0.4, 0.5) is 0 Å². The molecule has 0 aliphatic heterocycles.